The summed E-state index contributed by atoms with van der Waals surface area (Å²) in [7, 11) is -2.54. The van der Waals surface area contributed by atoms with Crippen molar-refractivity contribution in [3.8, 4) is 0 Å². The summed E-state index contributed by atoms with van der Waals surface area (Å²) >= 11 is 1.38. The van der Waals surface area contributed by atoms with Gasteiger partial charge in [-0.25, -0.2) is 13.4 Å². The van der Waals surface area contributed by atoms with Crippen molar-refractivity contribution in [1.29, 1.82) is 0 Å². The van der Waals surface area contributed by atoms with E-state index in [1.165, 1.54) is 24.2 Å². The molecule has 0 bridgehead atoms. The third-order valence-electron chi connectivity index (χ3n) is 4.89. The molecule has 1 atom stereocenters. The first-order valence-corrected chi connectivity index (χ1v) is 11.0. The van der Waals surface area contributed by atoms with E-state index in [0.717, 1.165) is 24.8 Å². The van der Waals surface area contributed by atoms with E-state index in [4.69, 9.17) is 5.73 Å². The Kier molecular flexibility index (Phi) is 6.26. The Hall–Kier alpha value is -1.93. The topological polar surface area (TPSA) is 102 Å². The highest BCUT2D eigenvalue weighted by Gasteiger charge is 2.27. The highest BCUT2D eigenvalue weighted by atomic mass is 32.2. The zero-order chi connectivity index (χ0) is 18.5. The summed E-state index contributed by atoms with van der Waals surface area (Å²) in [5.74, 6) is 0.0346. The van der Waals surface area contributed by atoms with Crippen LogP contribution in [0.2, 0.25) is 0 Å². The van der Waals surface area contributed by atoms with Gasteiger partial charge in [-0.3, -0.25) is 4.79 Å². The number of nitrogens with zero attached hydrogens (tertiary/aromatic N) is 1. The van der Waals surface area contributed by atoms with Crippen molar-refractivity contribution in [1.82, 2.24) is 4.98 Å². The van der Waals surface area contributed by atoms with Gasteiger partial charge >= 0.3 is 0 Å². The monoisotopic (exact) mass is 393 g/mol. The first-order chi connectivity index (χ1) is 12.5. The predicted molar refractivity (Wildman–Crippen MR) is 105 cm³/mol. The number of hydrogen-bond acceptors (Lipinski definition) is 6. The van der Waals surface area contributed by atoms with Gasteiger partial charge in [0.2, 0.25) is 5.91 Å². The van der Waals surface area contributed by atoms with E-state index in [1.807, 2.05) is 11.4 Å². The average molecular weight is 394 g/mol. The molecule has 0 radical (unpaired) electrons. The highest BCUT2D eigenvalue weighted by molar-refractivity contribution is 7.71. The van der Waals surface area contributed by atoms with Crippen molar-refractivity contribution in [2.24, 2.45) is 5.92 Å². The maximum absolute atomic E-state index is 12.9. The van der Waals surface area contributed by atoms with Crippen LogP contribution in [-0.4, -0.2) is 19.3 Å². The number of benzene rings is 1. The van der Waals surface area contributed by atoms with Crippen molar-refractivity contribution in [3.05, 3.63) is 40.9 Å². The molecule has 6 nitrogen and oxygen atoms in total. The molecule has 0 spiro atoms. The van der Waals surface area contributed by atoms with E-state index >= 15 is 0 Å². The molecule has 1 aromatic heterocycles. The largest absolute Gasteiger partial charge is 0.398 e. The minimum Gasteiger partial charge on any atom is -0.398 e. The summed E-state index contributed by atoms with van der Waals surface area (Å²) in [4.78, 5) is 17.0. The fourth-order valence-corrected chi connectivity index (χ4v) is 4.66. The van der Waals surface area contributed by atoms with Crippen molar-refractivity contribution < 1.29 is 13.2 Å². The lowest BCUT2D eigenvalue weighted by molar-refractivity contribution is -0.118. The number of carbonyl (C=O) groups excluding carboxylic acids is 1. The van der Waals surface area contributed by atoms with Gasteiger partial charge in [-0.2, -0.15) is 0 Å². The fourth-order valence-electron chi connectivity index (χ4n) is 3.56. The van der Waals surface area contributed by atoms with Crippen LogP contribution in [0, 0.1) is 5.92 Å². The predicted octanol–water partition coefficient (Wildman–Crippen LogP) is 3.14. The number of amides is 1. The van der Waals surface area contributed by atoms with Gasteiger partial charge in [0.1, 0.15) is 10.7 Å². The third kappa shape index (κ3) is 4.82. The van der Waals surface area contributed by atoms with Gasteiger partial charge in [0, 0.05) is 17.3 Å². The molecule has 8 heteroatoms. The molecule has 3 N–H and O–H groups in total. The van der Waals surface area contributed by atoms with Crippen LogP contribution in [0.1, 0.15) is 49.1 Å². The minimum absolute atomic E-state index is 0.0833. The van der Waals surface area contributed by atoms with Gasteiger partial charge in [-0.1, -0.05) is 37.8 Å². The molecule has 140 valence electrons. The van der Waals surface area contributed by atoms with Gasteiger partial charge in [-0.15, -0.1) is 11.3 Å². The summed E-state index contributed by atoms with van der Waals surface area (Å²) in [6.07, 6.45) is 7.14. The number of nitrogens with one attached hydrogen (secondary N) is 1. The number of nitrogens with two attached hydrogens (primary N) is 1. The normalized spacial score (nSPS) is 16.0. The Bertz CT molecular complexity index is 820. The Morgan fingerprint density at radius 1 is 1.35 bits per heavy atom. The first-order valence-electron chi connectivity index (χ1n) is 8.73. The molecule has 1 aliphatic carbocycles. The quantitative estimate of drug-likeness (QED) is 0.495. The summed E-state index contributed by atoms with van der Waals surface area (Å²) in [5.41, 5.74) is 7.86. The Morgan fingerprint density at radius 2 is 2.12 bits per heavy atom. The fraction of sp³-hybridized carbons (Fsp3) is 0.444. The standard InChI is InChI=1S/C18H23N3O3S2/c19-16-10-13(5-6-14(16)11-26(23)24)15(9-12-3-1-2-4-12)17(22)21-18-20-7-8-25-18/h5-8,10,12,15,26H,1-4,9,11,19H2,(H,20,21,22). The molecule has 1 aliphatic rings. The summed E-state index contributed by atoms with van der Waals surface area (Å²) in [6, 6.07) is 5.29. The number of nitrogen functional groups attached to an aromatic ring is 1. The second-order valence-corrected chi connectivity index (χ2v) is 8.59. The van der Waals surface area contributed by atoms with Crippen molar-refractivity contribution in [2.75, 3.05) is 11.1 Å². The van der Waals surface area contributed by atoms with Gasteiger partial charge in [0.05, 0.1) is 11.7 Å². The van der Waals surface area contributed by atoms with E-state index in [1.54, 1.807) is 18.3 Å². The van der Waals surface area contributed by atoms with E-state index in [2.05, 4.69) is 10.3 Å². The lowest BCUT2D eigenvalue weighted by Gasteiger charge is -2.21. The first kappa shape index (κ1) is 18.8. The summed E-state index contributed by atoms with van der Waals surface area (Å²) < 4.78 is 21.9. The molecule has 0 saturated heterocycles. The number of rotatable bonds is 7. The van der Waals surface area contributed by atoms with Crippen LogP contribution in [0.15, 0.2) is 29.8 Å². The maximum atomic E-state index is 12.9. The highest BCUT2D eigenvalue weighted by Crippen LogP contribution is 2.35. The molecule has 1 heterocycles. The van der Waals surface area contributed by atoms with Crippen LogP contribution in [-0.2, 0) is 21.3 Å². The number of anilines is 2. The molecule has 1 fully saturated rings. The number of thiol groups is 1. The molecule has 26 heavy (non-hydrogen) atoms. The van der Waals surface area contributed by atoms with Crippen LogP contribution in [0.25, 0.3) is 0 Å². The van der Waals surface area contributed by atoms with Crippen LogP contribution in [0.4, 0.5) is 10.8 Å². The molecule has 1 aromatic carbocycles. The Balaban J connectivity index is 1.83. The minimum atomic E-state index is -2.54. The molecular formula is C18H23N3O3S2. The van der Waals surface area contributed by atoms with Crippen LogP contribution >= 0.6 is 11.3 Å². The lowest BCUT2D eigenvalue weighted by atomic mass is 9.86. The second-order valence-electron chi connectivity index (χ2n) is 6.71. The van der Waals surface area contributed by atoms with Gasteiger partial charge in [-0.05, 0) is 29.5 Å². The van der Waals surface area contributed by atoms with E-state index in [0.29, 0.717) is 22.3 Å². The van der Waals surface area contributed by atoms with Crippen LogP contribution in [0.5, 0.6) is 0 Å². The molecule has 0 aliphatic heterocycles. The van der Waals surface area contributed by atoms with Crippen molar-refractivity contribution >= 4 is 38.8 Å². The molecular weight excluding hydrogens is 370 g/mol. The van der Waals surface area contributed by atoms with Crippen molar-refractivity contribution in [3.63, 3.8) is 0 Å². The van der Waals surface area contributed by atoms with E-state index < -0.39 is 10.7 Å². The number of hydrogen-bond donors (Lipinski definition) is 3. The van der Waals surface area contributed by atoms with Crippen molar-refractivity contribution in [2.45, 2.75) is 43.8 Å². The molecule has 1 saturated carbocycles. The van der Waals surface area contributed by atoms with Crippen LogP contribution in [0.3, 0.4) is 0 Å². The third-order valence-corrected chi connectivity index (χ3v) is 6.18. The molecule has 2 aromatic rings. The smallest absolute Gasteiger partial charge is 0.233 e. The summed E-state index contributed by atoms with van der Waals surface area (Å²) in [6.45, 7) is 0. The zero-order valence-corrected chi connectivity index (χ0v) is 16.1. The molecule has 1 amide bonds. The summed E-state index contributed by atoms with van der Waals surface area (Å²) in [5, 5.41) is 5.29. The van der Waals surface area contributed by atoms with Crippen LogP contribution < -0.4 is 11.1 Å². The lowest BCUT2D eigenvalue weighted by Crippen LogP contribution is -2.23. The zero-order valence-electron chi connectivity index (χ0n) is 14.4. The maximum Gasteiger partial charge on any atom is 0.233 e. The Labute approximate surface area is 158 Å². The van der Waals surface area contributed by atoms with Gasteiger partial charge in [0.15, 0.2) is 5.13 Å². The average Bonchev–Trinajstić information content (AvgIpc) is 3.28. The van der Waals surface area contributed by atoms with E-state index in [-0.39, 0.29) is 17.6 Å². The SMILES string of the molecule is Nc1cc(C(CC2CCCC2)C(=O)Nc2nccs2)ccc1C[SH](=O)=O. The second kappa shape index (κ2) is 8.64. The number of thiazole rings is 1. The van der Waals surface area contributed by atoms with E-state index in [9.17, 15) is 13.2 Å². The van der Waals surface area contributed by atoms with Gasteiger partial charge < -0.3 is 11.1 Å². The number of aromatic nitrogens is 1. The molecule has 3 rings (SSSR count). The number of carbonyl (C=O) groups is 1. The Morgan fingerprint density at radius 3 is 2.73 bits per heavy atom. The van der Waals surface area contributed by atoms with Gasteiger partial charge in [0.25, 0.3) is 0 Å². The molecule has 1 unspecified atom stereocenters.